The maximum atomic E-state index is 12.4. The molecule has 106 valence electrons. The van der Waals surface area contributed by atoms with E-state index in [2.05, 4.69) is 0 Å². The van der Waals surface area contributed by atoms with Gasteiger partial charge in [0, 0.05) is 12.2 Å². The molecule has 0 fully saturated rings. The van der Waals surface area contributed by atoms with E-state index in [1.807, 2.05) is 0 Å². The molecule has 0 saturated heterocycles. The first kappa shape index (κ1) is 15.2. The molecule has 0 radical (unpaired) electrons. The van der Waals surface area contributed by atoms with Crippen LogP contribution in [0.1, 0.15) is 10.4 Å². The van der Waals surface area contributed by atoms with E-state index in [4.69, 9.17) is 15.6 Å². The van der Waals surface area contributed by atoms with Crippen LogP contribution in [0.25, 0.3) is 0 Å². The molecule has 0 unspecified atom stereocenters. The number of alkyl halides is 2. The van der Waals surface area contributed by atoms with Crippen LogP contribution < -0.4 is 10.5 Å². The molecule has 1 aromatic carbocycles. The van der Waals surface area contributed by atoms with Crippen molar-refractivity contribution in [3.8, 4) is 5.75 Å². The first-order valence-electron chi connectivity index (χ1n) is 5.62. The number of carbonyl (C=O) groups excluding carboxylic acids is 1. The number of aliphatic hydroxyl groups excluding tert-OH is 1. The smallest absolute Gasteiger partial charge is 0.260 e. The van der Waals surface area contributed by atoms with Gasteiger partial charge in [-0.1, -0.05) is 6.07 Å². The number of benzene rings is 1. The summed E-state index contributed by atoms with van der Waals surface area (Å²) >= 11 is 0. The van der Waals surface area contributed by atoms with Gasteiger partial charge in [-0.25, -0.2) is 8.78 Å². The van der Waals surface area contributed by atoms with Crippen molar-refractivity contribution in [1.82, 2.24) is 4.90 Å². The number of hydrogen-bond acceptors (Lipinski definition) is 4. The highest BCUT2D eigenvalue weighted by atomic mass is 19.3. The van der Waals surface area contributed by atoms with Crippen molar-refractivity contribution in [2.45, 2.75) is 6.43 Å². The van der Waals surface area contributed by atoms with Gasteiger partial charge in [0.2, 0.25) is 0 Å². The minimum Gasteiger partial charge on any atom is -0.496 e. The third-order valence-corrected chi connectivity index (χ3v) is 2.51. The van der Waals surface area contributed by atoms with Gasteiger partial charge in [0.05, 0.1) is 20.3 Å². The van der Waals surface area contributed by atoms with Crippen molar-refractivity contribution in [1.29, 1.82) is 0 Å². The Hall–Kier alpha value is -1.89. The predicted molar refractivity (Wildman–Crippen MR) is 66.4 cm³/mol. The van der Waals surface area contributed by atoms with Crippen molar-refractivity contribution >= 4 is 11.6 Å². The minimum atomic E-state index is -2.69. The van der Waals surface area contributed by atoms with Gasteiger partial charge < -0.3 is 20.5 Å². The van der Waals surface area contributed by atoms with Crippen LogP contribution in [0.5, 0.6) is 5.75 Å². The van der Waals surface area contributed by atoms with E-state index < -0.39 is 25.5 Å². The number of nitrogens with two attached hydrogens (primary N) is 1. The summed E-state index contributed by atoms with van der Waals surface area (Å²) in [7, 11) is 1.36. The molecule has 1 amide bonds. The van der Waals surface area contributed by atoms with E-state index in [-0.39, 0.29) is 23.5 Å². The summed E-state index contributed by atoms with van der Waals surface area (Å²) in [6.45, 7) is -1.37. The Morgan fingerprint density at radius 1 is 1.53 bits per heavy atom. The largest absolute Gasteiger partial charge is 0.496 e. The zero-order chi connectivity index (χ0) is 14.4. The molecule has 0 aromatic heterocycles. The van der Waals surface area contributed by atoms with Crippen LogP contribution >= 0.6 is 0 Å². The zero-order valence-corrected chi connectivity index (χ0v) is 10.5. The third-order valence-electron chi connectivity index (χ3n) is 2.51. The Bertz CT molecular complexity index is 441. The average Bonchev–Trinajstić information content (AvgIpc) is 2.36. The van der Waals surface area contributed by atoms with Crippen LogP contribution in [0.15, 0.2) is 18.2 Å². The van der Waals surface area contributed by atoms with E-state index in [9.17, 15) is 13.6 Å². The van der Waals surface area contributed by atoms with Crippen LogP contribution in [-0.2, 0) is 0 Å². The molecule has 7 heteroatoms. The number of ether oxygens (including phenoxy) is 1. The molecule has 0 spiro atoms. The monoisotopic (exact) mass is 274 g/mol. The van der Waals surface area contributed by atoms with Gasteiger partial charge in [0.1, 0.15) is 11.3 Å². The van der Waals surface area contributed by atoms with Gasteiger partial charge in [-0.05, 0) is 12.1 Å². The molecule has 1 aromatic rings. The Labute approximate surface area is 109 Å². The van der Waals surface area contributed by atoms with Crippen molar-refractivity contribution < 1.29 is 23.4 Å². The highest BCUT2D eigenvalue weighted by Crippen LogP contribution is 2.25. The van der Waals surface area contributed by atoms with Gasteiger partial charge in [-0.3, -0.25) is 4.79 Å². The molecular formula is C12H16F2N2O3. The molecule has 0 atom stereocenters. The Kier molecular flexibility index (Phi) is 5.50. The Morgan fingerprint density at radius 2 is 2.21 bits per heavy atom. The summed E-state index contributed by atoms with van der Waals surface area (Å²) in [5, 5.41) is 8.84. The average molecular weight is 274 g/mol. The molecule has 0 aliphatic heterocycles. The highest BCUT2D eigenvalue weighted by Gasteiger charge is 2.24. The standard InChI is InChI=1S/C12H16F2N2O3/c1-19-9-4-2-3-8(15)11(9)12(18)16(5-6-17)7-10(13)14/h2-4,10,17H,5-7,15H2,1H3. The number of rotatable bonds is 6. The maximum Gasteiger partial charge on any atom is 0.260 e. The lowest BCUT2D eigenvalue weighted by atomic mass is 10.1. The van der Waals surface area contributed by atoms with Crippen LogP contribution in [-0.4, -0.2) is 49.1 Å². The maximum absolute atomic E-state index is 12.4. The Morgan fingerprint density at radius 3 is 2.74 bits per heavy atom. The van der Waals surface area contributed by atoms with Gasteiger partial charge in [-0.15, -0.1) is 0 Å². The summed E-state index contributed by atoms with van der Waals surface area (Å²) in [5.74, 6) is -0.480. The highest BCUT2D eigenvalue weighted by molar-refractivity contribution is 6.01. The quantitative estimate of drug-likeness (QED) is 0.758. The molecule has 0 aliphatic carbocycles. The van der Waals surface area contributed by atoms with Crippen molar-refractivity contribution in [3.05, 3.63) is 23.8 Å². The molecule has 0 bridgehead atoms. The van der Waals surface area contributed by atoms with Gasteiger partial charge in [0.25, 0.3) is 12.3 Å². The second-order valence-electron chi connectivity index (χ2n) is 3.79. The second-order valence-corrected chi connectivity index (χ2v) is 3.79. The molecule has 5 nitrogen and oxygen atoms in total. The minimum absolute atomic E-state index is 0.0269. The van der Waals surface area contributed by atoms with E-state index in [0.717, 1.165) is 4.90 Å². The van der Waals surface area contributed by atoms with E-state index in [1.165, 1.54) is 19.2 Å². The number of nitrogen functional groups attached to an aromatic ring is 1. The fourth-order valence-electron chi connectivity index (χ4n) is 1.67. The van der Waals surface area contributed by atoms with E-state index in [1.54, 1.807) is 6.07 Å². The predicted octanol–water partition coefficient (Wildman–Crippen LogP) is 0.977. The van der Waals surface area contributed by atoms with Gasteiger partial charge >= 0.3 is 0 Å². The summed E-state index contributed by atoms with van der Waals surface area (Å²) in [4.78, 5) is 13.0. The molecule has 19 heavy (non-hydrogen) atoms. The van der Waals surface area contributed by atoms with Crippen molar-refractivity contribution in [3.63, 3.8) is 0 Å². The topological polar surface area (TPSA) is 75.8 Å². The molecule has 3 N–H and O–H groups in total. The first-order chi connectivity index (χ1) is 9.01. The molecule has 0 saturated carbocycles. The molecular weight excluding hydrogens is 258 g/mol. The summed E-state index contributed by atoms with van der Waals surface area (Å²) in [6, 6.07) is 4.59. The van der Waals surface area contributed by atoms with Crippen LogP contribution in [0.4, 0.5) is 14.5 Å². The van der Waals surface area contributed by atoms with Gasteiger partial charge in [0.15, 0.2) is 0 Å². The summed E-state index contributed by atoms with van der Waals surface area (Å²) in [6.07, 6.45) is -2.69. The number of amides is 1. The molecule has 0 heterocycles. The fourth-order valence-corrected chi connectivity index (χ4v) is 1.67. The first-order valence-corrected chi connectivity index (χ1v) is 5.62. The normalized spacial score (nSPS) is 10.6. The molecule has 1 rings (SSSR count). The van der Waals surface area contributed by atoms with E-state index in [0.29, 0.717) is 0 Å². The third kappa shape index (κ3) is 3.78. The number of halogens is 2. The fraction of sp³-hybridized carbons (Fsp3) is 0.417. The summed E-state index contributed by atoms with van der Waals surface area (Å²) < 4.78 is 29.9. The lowest BCUT2D eigenvalue weighted by Gasteiger charge is -2.23. The Balaban J connectivity index is 3.08. The lowest BCUT2D eigenvalue weighted by molar-refractivity contribution is 0.0507. The number of aliphatic hydroxyl groups is 1. The summed E-state index contributed by atoms with van der Waals surface area (Å²) in [5.41, 5.74) is 5.85. The SMILES string of the molecule is COc1cccc(N)c1C(=O)N(CCO)CC(F)F. The number of anilines is 1. The van der Waals surface area contributed by atoms with Gasteiger partial charge in [-0.2, -0.15) is 0 Å². The van der Waals surface area contributed by atoms with Crippen molar-refractivity contribution in [2.24, 2.45) is 0 Å². The van der Waals surface area contributed by atoms with Crippen LogP contribution in [0, 0.1) is 0 Å². The number of methoxy groups -OCH3 is 1. The lowest BCUT2D eigenvalue weighted by Crippen LogP contribution is -2.37. The number of carbonyl (C=O) groups is 1. The second kappa shape index (κ2) is 6.89. The zero-order valence-electron chi connectivity index (χ0n) is 10.5. The number of nitrogens with zero attached hydrogens (tertiary/aromatic N) is 1. The van der Waals surface area contributed by atoms with Crippen molar-refractivity contribution in [2.75, 3.05) is 32.5 Å². The van der Waals surface area contributed by atoms with E-state index >= 15 is 0 Å². The molecule has 0 aliphatic rings. The van der Waals surface area contributed by atoms with Crippen LogP contribution in [0.2, 0.25) is 0 Å². The number of hydrogen-bond donors (Lipinski definition) is 2. The van der Waals surface area contributed by atoms with Crippen LogP contribution in [0.3, 0.4) is 0 Å².